The van der Waals surface area contributed by atoms with Crippen LogP contribution in [0.5, 0.6) is 0 Å². The Kier molecular flexibility index (Phi) is 5.64. The van der Waals surface area contributed by atoms with Crippen LogP contribution in [0.2, 0.25) is 0 Å². The highest BCUT2D eigenvalue weighted by molar-refractivity contribution is 5.21. The van der Waals surface area contributed by atoms with Gasteiger partial charge < -0.3 is 14.5 Å². The topological polar surface area (TPSA) is 37.6 Å². The molecule has 0 aromatic carbocycles. The molecule has 0 saturated carbocycles. The molecule has 0 aliphatic carbocycles. The number of hydrogen-bond donors (Lipinski definition) is 1. The van der Waals surface area contributed by atoms with E-state index in [-0.39, 0.29) is 0 Å². The lowest BCUT2D eigenvalue weighted by atomic mass is 10.1. The highest BCUT2D eigenvalue weighted by Gasteiger charge is 2.20. The Balaban J connectivity index is 1.91. The number of furan rings is 1. The van der Waals surface area contributed by atoms with E-state index in [4.69, 9.17) is 9.15 Å². The van der Waals surface area contributed by atoms with Crippen LogP contribution in [0.25, 0.3) is 0 Å². The molecule has 0 radical (unpaired) electrons. The predicted octanol–water partition coefficient (Wildman–Crippen LogP) is 2.70. The molecule has 2 rings (SSSR count). The van der Waals surface area contributed by atoms with Crippen LogP contribution < -0.4 is 5.32 Å². The molecule has 114 valence electrons. The monoisotopic (exact) mass is 280 g/mol. The molecule has 1 N–H and O–H groups in total. The molecule has 20 heavy (non-hydrogen) atoms. The second kappa shape index (κ2) is 7.25. The highest BCUT2D eigenvalue weighted by atomic mass is 16.5. The molecule has 1 fully saturated rings. The van der Waals surface area contributed by atoms with Gasteiger partial charge in [0.25, 0.3) is 0 Å². The molecule has 1 unspecified atom stereocenters. The molecule has 2 heterocycles. The Bertz CT molecular complexity index is 415. The minimum Gasteiger partial charge on any atom is -0.465 e. The Morgan fingerprint density at radius 2 is 2.30 bits per heavy atom. The van der Waals surface area contributed by atoms with Gasteiger partial charge in [-0.15, -0.1) is 0 Å². The third-order valence-electron chi connectivity index (χ3n) is 3.95. The SMILES string of the molecule is COC1CCCN(Cc2cc(CNC(C)C)oc2C)C1. The van der Waals surface area contributed by atoms with Gasteiger partial charge in [0.15, 0.2) is 0 Å². The number of nitrogens with zero attached hydrogens (tertiary/aromatic N) is 1. The Morgan fingerprint density at radius 1 is 1.50 bits per heavy atom. The molecule has 4 nitrogen and oxygen atoms in total. The number of likely N-dealkylation sites (tertiary alicyclic amines) is 1. The second-order valence-corrected chi connectivity index (χ2v) is 6.06. The minimum absolute atomic E-state index is 0.387. The van der Waals surface area contributed by atoms with Gasteiger partial charge in [0.05, 0.1) is 12.6 Å². The Hall–Kier alpha value is -0.840. The number of hydrogen-bond acceptors (Lipinski definition) is 4. The summed E-state index contributed by atoms with van der Waals surface area (Å²) in [5, 5.41) is 3.39. The molecule has 0 amide bonds. The number of ether oxygens (including phenoxy) is 1. The van der Waals surface area contributed by atoms with E-state index < -0.39 is 0 Å². The van der Waals surface area contributed by atoms with Crippen molar-refractivity contribution in [3.05, 3.63) is 23.2 Å². The predicted molar refractivity (Wildman–Crippen MR) is 80.7 cm³/mol. The molecule has 1 atom stereocenters. The van der Waals surface area contributed by atoms with Crippen molar-refractivity contribution in [3.63, 3.8) is 0 Å². The molecule has 0 spiro atoms. The number of methoxy groups -OCH3 is 1. The maximum Gasteiger partial charge on any atom is 0.118 e. The average Bonchev–Trinajstić information content (AvgIpc) is 2.77. The van der Waals surface area contributed by atoms with Crippen LogP contribution >= 0.6 is 0 Å². The van der Waals surface area contributed by atoms with Crippen LogP contribution in [0, 0.1) is 6.92 Å². The number of nitrogens with one attached hydrogen (secondary N) is 1. The molecule has 1 aromatic heterocycles. The number of rotatable bonds is 6. The van der Waals surface area contributed by atoms with Crippen LogP contribution in [0.1, 0.15) is 43.8 Å². The maximum atomic E-state index is 5.84. The van der Waals surface area contributed by atoms with E-state index in [1.165, 1.54) is 18.4 Å². The number of piperidine rings is 1. The van der Waals surface area contributed by atoms with Crippen molar-refractivity contribution in [2.24, 2.45) is 0 Å². The normalized spacial score (nSPS) is 20.8. The summed E-state index contributed by atoms with van der Waals surface area (Å²) in [7, 11) is 1.81. The van der Waals surface area contributed by atoms with Crippen molar-refractivity contribution in [1.82, 2.24) is 10.2 Å². The standard InChI is InChI=1S/C16H28N2O2/c1-12(2)17-9-16-8-14(13(3)20-16)10-18-7-5-6-15(11-18)19-4/h8,12,15,17H,5-7,9-11H2,1-4H3. The van der Waals surface area contributed by atoms with Gasteiger partial charge in [-0.2, -0.15) is 0 Å². The first-order valence-electron chi connectivity index (χ1n) is 7.65. The average molecular weight is 280 g/mol. The van der Waals surface area contributed by atoms with Gasteiger partial charge in [-0.1, -0.05) is 13.8 Å². The fourth-order valence-electron chi connectivity index (χ4n) is 2.73. The van der Waals surface area contributed by atoms with E-state index >= 15 is 0 Å². The molecule has 1 aliphatic rings. The highest BCUT2D eigenvalue weighted by Crippen LogP contribution is 2.20. The minimum atomic E-state index is 0.387. The van der Waals surface area contributed by atoms with E-state index in [0.717, 1.165) is 37.7 Å². The summed E-state index contributed by atoms with van der Waals surface area (Å²) in [6.07, 6.45) is 2.79. The summed E-state index contributed by atoms with van der Waals surface area (Å²) in [5.41, 5.74) is 1.31. The molecule has 0 bridgehead atoms. The van der Waals surface area contributed by atoms with Crippen molar-refractivity contribution >= 4 is 0 Å². The largest absolute Gasteiger partial charge is 0.465 e. The summed E-state index contributed by atoms with van der Waals surface area (Å²) in [6, 6.07) is 2.68. The fourth-order valence-corrected chi connectivity index (χ4v) is 2.73. The molecule has 1 aliphatic heterocycles. The van der Waals surface area contributed by atoms with Gasteiger partial charge in [-0.05, 0) is 32.4 Å². The lowest BCUT2D eigenvalue weighted by Gasteiger charge is -2.31. The lowest BCUT2D eigenvalue weighted by molar-refractivity contribution is 0.0284. The van der Waals surface area contributed by atoms with Gasteiger partial charge in [0.2, 0.25) is 0 Å². The first-order valence-corrected chi connectivity index (χ1v) is 7.65. The lowest BCUT2D eigenvalue weighted by Crippen LogP contribution is -2.38. The van der Waals surface area contributed by atoms with Gasteiger partial charge in [0.1, 0.15) is 11.5 Å². The zero-order chi connectivity index (χ0) is 14.5. The van der Waals surface area contributed by atoms with Crippen LogP contribution in [-0.4, -0.2) is 37.2 Å². The first-order chi connectivity index (χ1) is 9.58. The van der Waals surface area contributed by atoms with E-state index in [1.807, 2.05) is 7.11 Å². The van der Waals surface area contributed by atoms with Crippen LogP contribution in [0.3, 0.4) is 0 Å². The van der Waals surface area contributed by atoms with E-state index in [0.29, 0.717) is 12.1 Å². The summed E-state index contributed by atoms with van der Waals surface area (Å²) in [4.78, 5) is 2.47. The summed E-state index contributed by atoms with van der Waals surface area (Å²) < 4.78 is 11.3. The maximum absolute atomic E-state index is 5.84. The van der Waals surface area contributed by atoms with Crippen molar-refractivity contribution in [2.45, 2.75) is 58.8 Å². The van der Waals surface area contributed by atoms with Gasteiger partial charge in [-0.3, -0.25) is 4.90 Å². The molecule has 4 heteroatoms. The second-order valence-electron chi connectivity index (χ2n) is 6.06. The van der Waals surface area contributed by atoms with Crippen LogP contribution in [0.4, 0.5) is 0 Å². The fraction of sp³-hybridized carbons (Fsp3) is 0.750. The van der Waals surface area contributed by atoms with Crippen LogP contribution in [0.15, 0.2) is 10.5 Å². The van der Waals surface area contributed by atoms with Crippen molar-refractivity contribution in [3.8, 4) is 0 Å². The Labute approximate surface area is 122 Å². The van der Waals surface area contributed by atoms with Gasteiger partial charge >= 0.3 is 0 Å². The third-order valence-corrected chi connectivity index (χ3v) is 3.95. The van der Waals surface area contributed by atoms with Crippen molar-refractivity contribution in [1.29, 1.82) is 0 Å². The summed E-state index contributed by atoms with van der Waals surface area (Å²) in [5.74, 6) is 2.08. The quantitative estimate of drug-likeness (QED) is 0.869. The zero-order valence-corrected chi connectivity index (χ0v) is 13.2. The molecule has 1 aromatic rings. The van der Waals surface area contributed by atoms with E-state index in [1.54, 1.807) is 0 Å². The van der Waals surface area contributed by atoms with Gasteiger partial charge in [0, 0.05) is 31.8 Å². The van der Waals surface area contributed by atoms with Gasteiger partial charge in [-0.25, -0.2) is 0 Å². The molecular weight excluding hydrogens is 252 g/mol. The summed E-state index contributed by atoms with van der Waals surface area (Å²) >= 11 is 0. The first kappa shape index (κ1) is 15.5. The third kappa shape index (κ3) is 4.33. The van der Waals surface area contributed by atoms with Crippen molar-refractivity contribution in [2.75, 3.05) is 20.2 Å². The van der Waals surface area contributed by atoms with E-state index in [2.05, 4.69) is 37.1 Å². The summed E-state index contributed by atoms with van der Waals surface area (Å²) in [6.45, 7) is 10.3. The number of aryl methyl sites for hydroxylation is 1. The van der Waals surface area contributed by atoms with Crippen molar-refractivity contribution < 1.29 is 9.15 Å². The zero-order valence-electron chi connectivity index (χ0n) is 13.2. The molecule has 1 saturated heterocycles. The van der Waals surface area contributed by atoms with Crippen LogP contribution in [-0.2, 0) is 17.8 Å². The molecular formula is C16H28N2O2. The smallest absolute Gasteiger partial charge is 0.118 e. The van der Waals surface area contributed by atoms with E-state index in [9.17, 15) is 0 Å². The Morgan fingerprint density at radius 3 is 3.00 bits per heavy atom.